The maximum atomic E-state index is 12.6. The molecule has 0 fully saturated rings. The highest BCUT2D eigenvalue weighted by Crippen LogP contribution is 2.25. The summed E-state index contributed by atoms with van der Waals surface area (Å²) in [5, 5.41) is -0.313. The van der Waals surface area contributed by atoms with Crippen molar-refractivity contribution in [2.75, 3.05) is 5.73 Å². The first-order chi connectivity index (χ1) is 5.52. The normalized spacial score (nSPS) is 10.8. The fraction of sp³-hybridized carbons (Fsp3) is 0.167. The molecule has 12 heavy (non-hydrogen) atoms. The van der Waals surface area contributed by atoms with Crippen LogP contribution >= 0.6 is 11.6 Å². The Balaban J connectivity index is 3.23. The van der Waals surface area contributed by atoms with E-state index >= 15 is 0 Å². The van der Waals surface area contributed by atoms with Crippen LogP contribution in [0.3, 0.4) is 0 Å². The average Bonchev–Trinajstić information content (AvgIpc) is 1.96. The van der Waals surface area contributed by atoms with E-state index in [-0.39, 0.29) is 10.8 Å². The summed E-state index contributed by atoms with van der Waals surface area (Å²) in [6, 6.07) is 0.719. The first kappa shape index (κ1) is 9.12. The van der Waals surface area contributed by atoms with Crippen molar-refractivity contribution in [2.45, 2.75) is 6.43 Å². The zero-order valence-electron chi connectivity index (χ0n) is 5.69. The number of halogens is 4. The van der Waals surface area contributed by atoms with Crippen LogP contribution in [0.25, 0.3) is 0 Å². The number of nitrogens with two attached hydrogens (primary N) is 1. The zero-order valence-corrected chi connectivity index (χ0v) is 6.45. The predicted octanol–water partition coefficient (Wildman–Crippen LogP) is 2.39. The summed E-state index contributed by atoms with van der Waals surface area (Å²) in [6.07, 6.45) is -2.98. The van der Waals surface area contributed by atoms with Crippen molar-refractivity contribution >= 4 is 17.3 Å². The van der Waals surface area contributed by atoms with Crippen LogP contribution in [0.2, 0.25) is 5.15 Å². The number of hydrogen-bond donors (Lipinski definition) is 1. The van der Waals surface area contributed by atoms with E-state index < -0.39 is 17.9 Å². The Kier molecular flexibility index (Phi) is 2.42. The number of rotatable bonds is 1. The Hall–Kier alpha value is -0.970. The molecule has 0 aliphatic heterocycles. The average molecular weight is 197 g/mol. The molecule has 0 bridgehead atoms. The number of pyridine rings is 1. The van der Waals surface area contributed by atoms with Gasteiger partial charge in [0.2, 0.25) is 0 Å². The molecule has 0 aromatic carbocycles. The van der Waals surface area contributed by atoms with E-state index in [2.05, 4.69) is 4.98 Å². The minimum absolute atomic E-state index is 0.154. The van der Waals surface area contributed by atoms with Gasteiger partial charge in [0.25, 0.3) is 6.43 Å². The number of nitrogens with zero attached hydrogens (tertiary/aromatic N) is 1. The third kappa shape index (κ3) is 1.61. The first-order valence-electron chi connectivity index (χ1n) is 2.92. The maximum Gasteiger partial charge on any atom is 0.283 e. The van der Waals surface area contributed by atoms with Gasteiger partial charge in [-0.1, -0.05) is 11.6 Å². The molecule has 0 saturated carbocycles. The van der Waals surface area contributed by atoms with Crippen molar-refractivity contribution in [2.24, 2.45) is 0 Å². The molecule has 1 rings (SSSR count). The van der Waals surface area contributed by atoms with Crippen molar-refractivity contribution in [3.05, 3.63) is 22.7 Å². The number of anilines is 1. The highest BCUT2D eigenvalue weighted by molar-refractivity contribution is 6.31. The summed E-state index contributed by atoms with van der Waals surface area (Å²) >= 11 is 5.29. The van der Waals surface area contributed by atoms with Gasteiger partial charge in [0, 0.05) is 6.07 Å². The van der Waals surface area contributed by atoms with E-state index in [0.29, 0.717) is 0 Å². The molecule has 6 heteroatoms. The SMILES string of the molecule is Nc1cc(F)c(C(F)F)nc1Cl. The Bertz CT molecular complexity index is 303. The quantitative estimate of drug-likeness (QED) is 0.701. The molecule has 0 aliphatic carbocycles. The van der Waals surface area contributed by atoms with E-state index in [1.807, 2.05) is 0 Å². The minimum atomic E-state index is -2.98. The van der Waals surface area contributed by atoms with Crippen LogP contribution in [0.15, 0.2) is 6.07 Å². The van der Waals surface area contributed by atoms with Crippen LogP contribution in [-0.2, 0) is 0 Å². The fourth-order valence-electron chi connectivity index (χ4n) is 0.647. The van der Waals surface area contributed by atoms with E-state index in [1.165, 1.54) is 0 Å². The van der Waals surface area contributed by atoms with Crippen molar-refractivity contribution in [3.8, 4) is 0 Å². The number of hydrogen-bond acceptors (Lipinski definition) is 2. The van der Waals surface area contributed by atoms with Crippen LogP contribution in [-0.4, -0.2) is 4.98 Å². The van der Waals surface area contributed by atoms with Gasteiger partial charge in [0.05, 0.1) is 5.69 Å². The molecule has 2 nitrogen and oxygen atoms in total. The van der Waals surface area contributed by atoms with Crippen LogP contribution in [0, 0.1) is 5.82 Å². The van der Waals surface area contributed by atoms with Gasteiger partial charge >= 0.3 is 0 Å². The molecule has 0 radical (unpaired) electrons. The van der Waals surface area contributed by atoms with E-state index in [1.54, 1.807) is 0 Å². The smallest absolute Gasteiger partial charge is 0.283 e. The first-order valence-corrected chi connectivity index (χ1v) is 3.29. The largest absolute Gasteiger partial charge is 0.396 e. The standard InChI is InChI=1S/C6H4ClF3N2/c7-5-3(11)1-2(8)4(12-5)6(9)10/h1,6H,11H2. The van der Waals surface area contributed by atoms with Gasteiger partial charge in [0.15, 0.2) is 11.0 Å². The Morgan fingerprint density at radius 1 is 1.50 bits per heavy atom. The molecule has 1 heterocycles. The third-order valence-electron chi connectivity index (χ3n) is 1.19. The third-order valence-corrected chi connectivity index (χ3v) is 1.49. The Morgan fingerprint density at radius 3 is 2.58 bits per heavy atom. The highest BCUT2D eigenvalue weighted by Gasteiger charge is 2.17. The fourth-order valence-corrected chi connectivity index (χ4v) is 0.792. The zero-order chi connectivity index (χ0) is 9.30. The van der Waals surface area contributed by atoms with Crippen molar-refractivity contribution in [1.82, 2.24) is 4.98 Å². The molecule has 0 saturated heterocycles. The molecule has 0 aliphatic rings. The van der Waals surface area contributed by atoms with Crippen molar-refractivity contribution in [3.63, 3.8) is 0 Å². The summed E-state index contributed by atoms with van der Waals surface area (Å²) in [6.45, 7) is 0. The Labute approximate surface area is 71.2 Å². The lowest BCUT2D eigenvalue weighted by Crippen LogP contribution is -1.99. The van der Waals surface area contributed by atoms with Crippen LogP contribution in [0.4, 0.5) is 18.9 Å². The van der Waals surface area contributed by atoms with Crippen LogP contribution in [0.5, 0.6) is 0 Å². The van der Waals surface area contributed by atoms with Gasteiger partial charge in [-0.05, 0) is 0 Å². The molecule has 2 N–H and O–H groups in total. The molecular formula is C6H4ClF3N2. The monoisotopic (exact) mass is 196 g/mol. The maximum absolute atomic E-state index is 12.6. The van der Waals surface area contributed by atoms with E-state index in [4.69, 9.17) is 17.3 Å². The number of nitrogen functional groups attached to an aromatic ring is 1. The molecular weight excluding hydrogens is 193 g/mol. The summed E-state index contributed by atoms with van der Waals surface area (Å²) in [7, 11) is 0. The van der Waals surface area contributed by atoms with Crippen LogP contribution < -0.4 is 5.73 Å². The second-order valence-corrected chi connectivity index (χ2v) is 2.39. The summed E-state index contributed by atoms with van der Waals surface area (Å²) in [5.41, 5.74) is 3.98. The molecule has 1 aromatic rings. The summed E-state index contributed by atoms with van der Waals surface area (Å²) in [4.78, 5) is 3.09. The molecule has 0 unspecified atom stereocenters. The lowest BCUT2D eigenvalue weighted by molar-refractivity contribution is 0.140. The van der Waals surface area contributed by atoms with Gasteiger partial charge in [-0.15, -0.1) is 0 Å². The van der Waals surface area contributed by atoms with Gasteiger partial charge in [-0.3, -0.25) is 0 Å². The molecule has 0 spiro atoms. The summed E-state index contributed by atoms with van der Waals surface area (Å²) in [5.74, 6) is -1.15. The summed E-state index contributed by atoms with van der Waals surface area (Å²) < 4.78 is 36.5. The van der Waals surface area contributed by atoms with E-state index in [0.717, 1.165) is 6.07 Å². The van der Waals surface area contributed by atoms with Crippen molar-refractivity contribution < 1.29 is 13.2 Å². The van der Waals surface area contributed by atoms with E-state index in [9.17, 15) is 13.2 Å². The predicted molar refractivity (Wildman–Crippen MR) is 38.6 cm³/mol. The van der Waals surface area contributed by atoms with Gasteiger partial charge in [-0.25, -0.2) is 18.2 Å². The lowest BCUT2D eigenvalue weighted by Gasteiger charge is -2.02. The van der Waals surface area contributed by atoms with Gasteiger partial charge < -0.3 is 5.73 Å². The number of alkyl halides is 2. The van der Waals surface area contributed by atoms with Gasteiger partial charge in [0.1, 0.15) is 5.69 Å². The second-order valence-electron chi connectivity index (χ2n) is 2.04. The van der Waals surface area contributed by atoms with Crippen molar-refractivity contribution in [1.29, 1.82) is 0 Å². The molecule has 1 aromatic heterocycles. The molecule has 0 atom stereocenters. The van der Waals surface area contributed by atoms with Crippen LogP contribution in [0.1, 0.15) is 12.1 Å². The molecule has 66 valence electrons. The second kappa shape index (κ2) is 3.18. The topological polar surface area (TPSA) is 38.9 Å². The number of aromatic nitrogens is 1. The lowest BCUT2D eigenvalue weighted by atomic mass is 10.3. The van der Waals surface area contributed by atoms with Gasteiger partial charge in [-0.2, -0.15) is 0 Å². The molecule has 0 amide bonds. The minimum Gasteiger partial charge on any atom is -0.396 e. The highest BCUT2D eigenvalue weighted by atomic mass is 35.5. The Morgan fingerprint density at radius 2 is 2.08 bits per heavy atom.